The smallest absolute Gasteiger partial charge is 0.160 e. The average molecular weight is 345 g/mol. The molecule has 0 saturated carbocycles. The van der Waals surface area contributed by atoms with Gasteiger partial charge in [-0.1, -0.05) is 37.6 Å². The first-order valence-corrected chi connectivity index (χ1v) is 9.65. The monoisotopic (exact) mass is 345 g/mol. The van der Waals surface area contributed by atoms with E-state index in [0.717, 1.165) is 61.2 Å². The molecule has 5 rings (SSSR count). The molecule has 5 heteroatoms. The van der Waals surface area contributed by atoms with Crippen molar-refractivity contribution >= 4 is 21.9 Å². The quantitative estimate of drug-likeness (QED) is 0.552. The second-order valence-electron chi connectivity index (χ2n) is 7.06. The standard InChI is InChI=1S/C21H23N5/c1-3-5-12-26-20-16-13-22-25(4-2)21(16)23-17-11-10-14-8-6-7-9-15(14)19(24-26)18(17)20/h6-9,13H,3-5,10-12H2,1-2H3. The molecule has 0 amide bonds. The van der Waals surface area contributed by atoms with Crippen molar-refractivity contribution in [2.24, 2.45) is 0 Å². The van der Waals surface area contributed by atoms with Crippen LogP contribution >= 0.6 is 0 Å². The zero-order chi connectivity index (χ0) is 17.7. The van der Waals surface area contributed by atoms with E-state index in [4.69, 9.17) is 10.1 Å². The van der Waals surface area contributed by atoms with Gasteiger partial charge < -0.3 is 0 Å². The van der Waals surface area contributed by atoms with Crippen LogP contribution in [0.3, 0.4) is 0 Å². The molecule has 0 saturated heterocycles. The molecule has 1 aromatic carbocycles. The van der Waals surface area contributed by atoms with Crippen molar-refractivity contribution in [1.82, 2.24) is 24.5 Å². The Hall–Kier alpha value is -2.69. The number of hydrogen-bond donors (Lipinski definition) is 0. The van der Waals surface area contributed by atoms with Crippen molar-refractivity contribution in [2.75, 3.05) is 0 Å². The predicted molar refractivity (Wildman–Crippen MR) is 104 cm³/mol. The maximum Gasteiger partial charge on any atom is 0.160 e. The van der Waals surface area contributed by atoms with Gasteiger partial charge in [0.15, 0.2) is 5.65 Å². The zero-order valence-electron chi connectivity index (χ0n) is 15.4. The number of nitrogens with zero attached hydrogens (tertiary/aromatic N) is 5. The Morgan fingerprint density at radius 2 is 1.96 bits per heavy atom. The summed E-state index contributed by atoms with van der Waals surface area (Å²) in [6, 6.07) is 8.67. The topological polar surface area (TPSA) is 48.5 Å². The van der Waals surface area contributed by atoms with Crippen LogP contribution in [0, 0.1) is 0 Å². The van der Waals surface area contributed by atoms with E-state index in [1.807, 2.05) is 10.9 Å². The number of fused-ring (bicyclic) bond motifs is 4. The molecule has 0 spiro atoms. The number of aromatic nitrogens is 5. The fourth-order valence-electron chi connectivity index (χ4n) is 4.15. The van der Waals surface area contributed by atoms with Crippen molar-refractivity contribution in [3.63, 3.8) is 0 Å². The van der Waals surface area contributed by atoms with E-state index in [1.54, 1.807) is 0 Å². The van der Waals surface area contributed by atoms with E-state index < -0.39 is 0 Å². The van der Waals surface area contributed by atoms with Gasteiger partial charge in [0.1, 0.15) is 5.69 Å². The van der Waals surface area contributed by atoms with Gasteiger partial charge in [-0.2, -0.15) is 10.2 Å². The number of unbranched alkanes of at least 4 members (excludes halogenated alkanes) is 1. The van der Waals surface area contributed by atoms with Crippen molar-refractivity contribution in [1.29, 1.82) is 0 Å². The summed E-state index contributed by atoms with van der Waals surface area (Å²) in [7, 11) is 0. The molecular weight excluding hydrogens is 322 g/mol. The Morgan fingerprint density at radius 1 is 1.08 bits per heavy atom. The number of pyridine rings is 1. The summed E-state index contributed by atoms with van der Waals surface area (Å²) in [6.07, 6.45) is 6.21. The number of benzene rings is 1. The molecule has 0 N–H and O–H groups in total. The molecule has 0 radical (unpaired) electrons. The third-order valence-corrected chi connectivity index (χ3v) is 5.48. The molecule has 26 heavy (non-hydrogen) atoms. The number of aryl methyl sites for hydroxylation is 4. The van der Waals surface area contributed by atoms with Crippen LogP contribution < -0.4 is 0 Å². The Balaban J connectivity index is 1.90. The highest BCUT2D eigenvalue weighted by Crippen LogP contribution is 2.38. The van der Waals surface area contributed by atoms with Crippen LogP contribution in [0.1, 0.15) is 37.9 Å². The van der Waals surface area contributed by atoms with Crippen LogP contribution in [0.25, 0.3) is 33.2 Å². The summed E-state index contributed by atoms with van der Waals surface area (Å²) in [4.78, 5) is 5.05. The Kier molecular flexibility index (Phi) is 3.55. The fourth-order valence-corrected chi connectivity index (χ4v) is 4.15. The normalized spacial score (nSPS) is 13.3. The predicted octanol–water partition coefficient (Wildman–Crippen LogP) is 4.37. The van der Waals surface area contributed by atoms with Crippen molar-refractivity contribution < 1.29 is 0 Å². The summed E-state index contributed by atoms with van der Waals surface area (Å²) in [5.41, 5.74) is 7.09. The van der Waals surface area contributed by atoms with E-state index in [9.17, 15) is 0 Å². The van der Waals surface area contributed by atoms with Crippen molar-refractivity contribution in [3.05, 3.63) is 41.7 Å². The lowest BCUT2D eigenvalue weighted by Gasteiger charge is -2.07. The van der Waals surface area contributed by atoms with Gasteiger partial charge in [0.2, 0.25) is 0 Å². The van der Waals surface area contributed by atoms with Crippen molar-refractivity contribution in [2.45, 2.75) is 52.6 Å². The largest absolute Gasteiger partial charge is 0.263 e. The molecule has 3 aromatic heterocycles. The van der Waals surface area contributed by atoms with E-state index in [2.05, 4.69) is 47.9 Å². The van der Waals surface area contributed by atoms with Crippen LogP contribution in [0.4, 0.5) is 0 Å². The van der Waals surface area contributed by atoms with Crippen LogP contribution in [0.15, 0.2) is 30.5 Å². The maximum absolute atomic E-state index is 5.08. The van der Waals surface area contributed by atoms with Gasteiger partial charge in [-0.15, -0.1) is 0 Å². The first-order valence-electron chi connectivity index (χ1n) is 9.65. The second-order valence-corrected chi connectivity index (χ2v) is 7.06. The SMILES string of the molecule is CCCCn1nc2c3c(nc4c(cnn4CC)c31)CCc1ccccc1-2. The third-order valence-electron chi connectivity index (χ3n) is 5.48. The summed E-state index contributed by atoms with van der Waals surface area (Å²) in [6.45, 7) is 6.11. The molecular formula is C21H23N5. The number of rotatable bonds is 4. The van der Waals surface area contributed by atoms with Crippen molar-refractivity contribution in [3.8, 4) is 11.3 Å². The molecule has 0 fully saturated rings. The zero-order valence-corrected chi connectivity index (χ0v) is 15.4. The van der Waals surface area contributed by atoms with E-state index in [0.29, 0.717) is 0 Å². The van der Waals surface area contributed by atoms with Gasteiger partial charge in [-0.25, -0.2) is 9.67 Å². The van der Waals surface area contributed by atoms with Gasteiger partial charge in [0, 0.05) is 18.7 Å². The highest BCUT2D eigenvalue weighted by Gasteiger charge is 2.25. The van der Waals surface area contributed by atoms with E-state index >= 15 is 0 Å². The summed E-state index contributed by atoms with van der Waals surface area (Å²) < 4.78 is 4.20. The summed E-state index contributed by atoms with van der Waals surface area (Å²) in [5.74, 6) is 0. The highest BCUT2D eigenvalue weighted by atomic mass is 15.3. The molecule has 4 aromatic rings. The van der Waals surface area contributed by atoms with Crippen LogP contribution in [0.5, 0.6) is 0 Å². The molecule has 0 aliphatic heterocycles. The number of hydrogen-bond acceptors (Lipinski definition) is 3. The maximum atomic E-state index is 5.08. The molecule has 1 aliphatic carbocycles. The molecule has 5 nitrogen and oxygen atoms in total. The van der Waals surface area contributed by atoms with Gasteiger partial charge in [0.25, 0.3) is 0 Å². The average Bonchev–Trinajstić information content (AvgIpc) is 3.21. The molecule has 0 bridgehead atoms. The van der Waals surface area contributed by atoms with E-state index in [1.165, 1.54) is 22.0 Å². The Bertz CT molecular complexity index is 1120. The summed E-state index contributed by atoms with van der Waals surface area (Å²) >= 11 is 0. The fraction of sp³-hybridized carbons (Fsp3) is 0.381. The lowest BCUT2D eigenvalue weighted by molar-refractivity contribution is 0.590. The Labute approximate surface area is 152 Å². The van der Waals surface area contributed by atoms with Crippen LogP contribution in [0.2, 0.25) is 0 Å². The lowest BCUT2D eigenvalue weighted by Crippen LogP contribution is -2.04. The second kappa shape index (κ2) is 5.94. The molecule has 1 aliphatic rings. The Morgan fingerprint density at radius 3 is 2.81 bits per heavy atom. The van der Waals surface area contributed by atoms with Gasteiger partial charge >= 0.3 is 0 Å². The first-order chi connectivity index (χ1) is 12.8. The minimum Gasteiger partial charge on any atom is -0.263 e. The van der Waals surface area contributed by atoms with E-state index in [-0.39, 0.29) is 0 Å². The van der Waals surface area contributed by atoms with Gasteiger partial charge in [0.05, 0.1) is 28.2 Å². The van der Waals surface area contributed by atoms with Crippen LogP contribution in [-0.4, -0.2) is 24.5 Å². The van der Waals surface area contributed by atoms with Crippen LogP contribution in [-0.2, 0) is 25.9 Å². The third kappa shape index (κ3) is 2.13. The molecule has 132 valence electrons. The lowest BCUT2D eigenvalue weighted by atomic mass is 10.0. The van der Waals surface area contributed by atoms with Gasteiger partial charge in [-0.05, 0) is 31.7 Å². The molecule has 0 unspecified atom stereocenters. The highest BCUT2D eigenvalue weighted by molar-refractivity contribution is 6.09. The summed E-state index contributed by atoms with van der Waals surface area (Å²) in [5, 5.41) is 12.0. The first kappa shape index (κ1) is 15.6. The van der Waals surface area contributed by atoms with Gasteiger partial charge in [-0.3, -0.25) is 4.68 Å². The minimum atomic E-state index is 0.831. The molecule has 0 atom stereocenters. The molecule has 3 heterocycles. The minimum absolute atomic E-state index is 0.831.